The zero-order chi connectivity index (χ0) is 17.5. The van der Waals surface area contributed by atoms with Gasteiger partial charge in [0.15, 0.2) is 0 Å². The SMILES string of the molecule is CC(=O)O.N=C(N)c1ccc(-c2nc(-c3ccccc3)co2)cc1. The number of oxazole rings is 1. The Bertz CT molecular complexity index is 820. The molecule has 1 heterocycles. The standard InChI is InChI=1S/C16H13N3O.C2H4O2/c17-15(18)12-6-8-13(9-7-12)16-19-14(10-20-16)11-4-2-1-3-5-11;1-2(3)4/h1-10H,(H3,17,18);1H3,(H,3,4). The van der Waals surface area contributed by atoms with Crippen molar-refractivity contribution >= 4 is 11.8 Å². The van der Waals surface area contributed by atoms with Crippen molar-refractivity contribution < 1.29 is 14.3 Å². The van der Waals surface area contributed by atoms with Crippen LogP contribution in [0.1, 0.15) is 12.5 Å². The van der Waals surface area contributed by atoms with E-state index in [0.29, 0.717) is 11.5 Å². The molecule has 24 heavy (non-hydrogen) atoms. The molecule has 0 aliphatic carbocycles. The first-order valence-electron chi connectivity index (χ1n) is 7.12. The summed E-state index contributed by atoms with van der Waals surface area (Å²) in [5.41, 5.74) is 8.79. The van der Waals surface area contributed by atoms with Crippen LogP contribution >= 0.6 is 0 Å². The largest absolute Gasteiger partial charge is 0.481 e. The fourth-order valence-electron chi connectivity index (χ4n) is 1.94. The molecule has 0 fully saturated rings. The van der Waals surface area contributed by atoms with E-state index in [0.717, 1.165) is 23.7 Å². The van der Waals surface area contributed by atoms with Gasteiger partial charge in [-0.3, -0.25) is 10.2 Å². The van der Waals surface area contributed by atoms with Gasteiger partial charge in [0.2, 0.25) is 5.89 Å². The van der Waals surface area contributed by atoms with E-state index in [2.05, 4.69) is 4.98 Å². The van der Waals surface area contributed by atoms with Crippen molar-refractivity contribution in [3.63, 3.8) is 0 Å². The number of aromatic nitrogens is 1. The molecule has 0 radical (unpaired) electrons. The quantitative estimate of drug-likeness (QED) is 0.505. The molecule has 3 aromatic rings. The van der Waals surface area contributed by atoms with Gasteiger partial charge < -0.3 is 15.3 Å². The predicted octanol–water partition coefficient (Wildman–Crippen LogP) is 3.38. The van der Waals surface area contributed by atoms with Crippen molar-refractivity contribution in [1.29, 1.82) is 5.41 Å². The Hall–Kier alpha value is -3.41. The lowest BCUT2D eigenvalue weighted by Gasteiger charge is -1.99. The highest BCUT2D eigenvalue weighted by Gasteiger charge is 2.08. The second-order valence-corrected chi connectivity index (χ2v) is 4.91. The Morgan fingerprint density at radius 1 is 1.08 bits per heavy atom. The zero-order valence-corrected chi connectivity index (χ0v) is 13.1. The molecule has 0 unspecified atom stereocenters. The van der Waals surface area contributed by atoms with Crippen molar-refractivity contribution in [3.05, 3.63) is 66.4 Å². The molecule has 6 nitrogen and oxygen atoms in total. The van der Waals surface area contributed by atoms with E-state index in [-0.39, 0.29) is 5.84 Å². The minimum Gasteiger partial charge on any atom is -0.481 e. The maximum absolute atomic E-state index is 9.00. The third-order valence-corrected chi connectivity index (χ3v) is 3.02. The van der Waals surface area contributed by atoms with Crippen molar-refractivity contribution in [2.24, 2.45) is 5.73 Å². The van der Waals surface area contributed by atoms with Gasteiger partial charge in [-0.1, -0.05) is 42.5 Å². The third-order valence-electron chi connectivity index (χ3n) is 3.02. The summed E-state index contributed by atoms with van der Waals surface area (Å²) in [6, 6.07) is 17.1. The molecule has 0 aliphatic rings. The molecule has 2 aromatic carbocycles. The van der Waals surface area contributed by atoms with E-state index in [4.69, 9.17) is 25.5 Å². The van der Waals surface area contributed by atoms with Gasteiger partial charge in [-0.05, 0) is 12.1 Å². The van der Waals surface area contributed by atoms with Crippen molar-refractivity contribution in [2.75, 3.05) is 0 Å². The molecular formula is C18H17N3O3. The first-order chi connectivity index (χ1) is 11.5. The lowest BCUT2D eigenvalue weighted by atomic mass is 10.1. The summed E-state index contributed by atoms with van der Waals surface area (Å²) in [6.07, 6.45) is 1.64. The number of carbonyl (C=O) groups is 1. The number of aliphatic carboxylic acids is 1. The van der Waals surface area contributed by atoms with Gasteiger partial charge in [0.05, 0.1) is 0 Å². The summed E-state index contributed by atoms with van der Waals surface area (Å²) in [6.45, 7) is 1.08. The molecule has 6 heteroatoms. The van der Waals surface area contributed by atoms with Gasteiger partial charge in [-0.2, -0.15) is 0 Å². The molecule has 0 saturated heterocycles. The summed E-state index contributed by atoms with van der Waals surface area (Å²) in [5.74, 6) is -0.229. The molecule has 1 aromatic heterocycles. The number of benzene rings is 2. The van der Waals surface area contributed by atoms with Crippen LogP contribution < -0.4 is 5.73 Å². The summed E-state index contributed by atoms with van der Waals surface area (Å²) in [4.78, 5) is 13.5. The average molecular weight is 323 g/mol. The molecule has 0 spiro atoms. The smallest absolute Gasteiger partial charge is 0.300 e. The normalized spacial score (nSPS) is 9.71. The van der Waals surface area contributed by atoms with Gasteiger partial charge in [0, 0.05) is 23.6 Å². The number of carboxylic acid groups (broad SMARTS) is 1. The number of nitrogens with two attached hydrogens (primary N) is 1. The van der Waals surface area contributed by atoms with Crippen LogP contribution in [0, 0.1) is 5.41 Å². The fraction of sp³-hybridized carbons (Fsp3) is 0.0556. The van der Waals surface area contributed by atoms with Crippen molar-refractivity contribution in [3.8, 4) is 22.7 Å². The summed E-state index contributed by atoms with van der Waals surface area (Å²) < 4.78 is 5.51. The Morgan fingerprint density at radius 3 is 2.21 bits per heavy atom. The van der Waals surface area contributed by atoms with Gasteiger partial charge in [-0.15, -0.1) is 0 Å². The summed E-state index contributed by atoms with van der Waals surface area (Å²) >= 11 is 0. The van der Waals surface area contributed by atoms with E-state index in [1.807, 2.05) is 42.5 Å². The van der Waals surface area contributed by atoms with Gasteiger partial charge in [-0.25, -0.2) is 4.98 Å². The highest BCUT2D eigenvalue weighted by molar-refractivity contribution is 5.95. The van der Waals surface area contributed by atoms with E-state index >= 15 is 0 Å². The zero-order valence-electron chi connectivity index (χ0n) is 13.1. The van der Waals surface area contributed by atoms with Gasteiger partial charge >= 0.3 is 0 Å². The summed E-state index contributed by atoms with van der Waals surface area (Å²) in [7, 11) is 0. The minimum atomic E-state index is -0.833. The average Bonchev–Trinajstić information content (AvgIpc) is 3.05. The second kappa shape index (κ2) is 7.73. The van der Waals surface area contributed by atoms with E-state index in [1.54, 1.807) is 18.4 Å². The number of hydrogen-bond donors (Lipinski definition) is 3. The maximum Gasteiger partial charge on any atom is 0.300 e. The van der Waals surface area contributed by atoms with Crippen molar-refractivity contribution in [2.45, 2.75) is 6.92 Å². The summed E-state index contributed by atoms with van der Waals surface area (Å²) in [5, 5.41) is 14.8. The number of hydrogen-bond acceptors (Lipinski definition) is 4. The number of nitrogens with one attached hydrogen (secondary N) is 1. The highest BCUT2D eigenvalue weighted by atomic mass is 16.4. The highest BCUT2D eigenvalue weighted by Crippen LogP contribution is 2.24. The van der Waals surface area contributed by atoms with Gasteiger partial charge in [0.1, 0.15) is 17.8 Å². The number of rotatable bonds is 3. The minimum absolute atomic E-state index is 0.0499. The van der Waals surface area contributed by atoms with Crippen LogP contribution in [0.3, 0.4) is 0 Å². The lowest BCUT2D eigenvalue weighted by Crippen LogP contribution is -2.10. The topological polar surface area (TPSA) is 113 Å². The number of nitrogens with zero attached hydrogens (tertiary/aromatic N) is 1. The molecule has 0 bridgehead atoms. The van der Waals surface area contributed by atoms with Crippen molar-refractivity contribution in [1.82, 2.24) is 4.98 Å². The van der Waals surface area contributed by atoms with E-state index < -0.39 is 5.97 Å². The third kappa shape index (κ3) is 4.54. The van der Waals surface area contributed by atoms with E-state index in [1.165, 1.54) is 0 Å². The Morgan fingerprint density at radius 2 is 1.67 bits per heavy atom. The van der Waals surface area contributed by atoms with Crippen LogP contribution in [0.2, 0.25) is 0 Å². The Labute approximate surface area is 139 Å². The van der Waals surface area contributed by atoms with Crippen LogP contribution in [-0.4, -0.2) is 21.9 Å². The number of nitrogen functional groups attached to an aromatic ring is 1. The molecule has 122 valence electrons. The first kappa shape index (κ1) is 17.0. The molecule has 0 saturated carbocycles. The number of carboxylic acids is 1. The molecule has 4 N–H and O–H groups in total. The van der Waals surface area contributed by atoms with Crippen LogP contribution in [0.25, 0.3) is 22.7 Å². The second-order valence-electron chi connectivity index (χ2n) is 4.91. The molecule has 0 aliphatic heterocycles. The molecular weight excluding hydrogens is 306 g/mol. The Kier molecular flexibility index (Phi) is 5.46. The van der Waals surface area contributed by atoms with Crippen LogP contribution in [0.15, 0.2) is 65.3 Å². The van der Waals surface area contributed by atoms with E-state index in [9.17, 15) is 0 Å². The monoisotopic (exact) mass is 323 g/mol. The van der Waals surface area contributed by atoms with Crippen LogP contribution in [0.4, 0.5) is 0 Å². The molecule has 0 amide bonds. The van der Waals surface area contributed by atoms with Crippen LogP contribution in [-0.2, 0) is 4.79 Å². The lowest BCUT2D eigenvalue weighted by molar-refractivity contribution is -0.134. The first-order valence-corrected chi connectivity index (χ1v) is 7.12. The van der Waals surface area contributed by atoms with Crippen LogP contribution in [0.5, 0.6) is 0 Å². The number of amidine groups is 1. The molecule has 3 rings (SSSR count). The predicted molar refractivity (Wildman–Crippen MR) is 91.7 cm³/mol. The fourth-order valence-corrected chi connectivity index (χ4v) is 1.94. The Balaban J connectivity index is 0.000000471. The maximum atomic E-state index is 9.00. The van der Waals surface area contributed by atoms with Gasteiger partial charge in [0.25, 0.3) is 5.97 Å². The molecule has 0 atom stereocenters.